The van der Waals surface area contributed by atoms with E-state index >= 15 is 0 Å². The summed E-state index contributed by atoms with van der Waals surface area (Å²) in [6.45, 7) is 13.2. The first kappa shape index (κ1) is 41.7. The van der Waals surface area contributed by atoms with Gasteiger partial charge in [0.15, 0.2) is 5.60 Å². The summed E-state index contributed by atoms with van der Waals surface area (Å²) in [5.41, 5.74) is 0.900. The normalized spacial score (nSPS) is 16.1. The molecule has 4 N–H and O–H groups in total. The lowest BCUT2D eigenvalue weighted by Crippen LogP contribution is -2.57. The number of benzene rings is 1. The van der Waals surface area contributed by atoms with Crippen LogP contribution in [0.1, 0.15) is 65.0 Å². The molecule has 0 aliphatic carbocycles. The molecule has 0 radical (unpaired) electrons. The largest absolute Gasteiger partial charge is 0.444 e. The lowest BCUT2D eigenvalue weighted by Gasteiger charge is -2.30. The minimum absolute atomic E-state index is 0.00397. The highest BCUT2D eigenvalue weighted by molar-refractivity contribution is 6.76. The number of carbonyl (C=O) groups is 1. The number of aromatic nitrogens is 2. The summed E-state index contributed by atoms with van der Waals surface area (Å²) in [5.74, 6) is 0.127. The summed E-state index contributed by atoms with van der Waals surface area (Å²) in [5, 5.41) is 5.42. The predicted molar refractivity (Wildman–Crippen MR) is 173 cm³/mol. The maximum atomic E-state index is 13.7. The van der Waals surface area contributed by atoms with Crippen LogP contribution in [0.4, 0.5) is 31.1 Å². The average molecular weight is 716 g/mol. The molecule has 1 unspecified atom stereocenters. The van der Waals surface area contributed by atoms with Crippen molar-refractivity contribution in [2.75, 3.05) is 33.5 Å². The number of carbonyl (C=O) groups excluding carboxylic acids is 1. The van der Waals surface area contributed by atoms with Gasteiger partial charge in [0.25, 0.3) is 0 Å². The summed E-state index contributed by atoms with van der Waals surface area (Å²) < 4.78 is 105. The molecular weight excluding hydrogens is 664 g/mol. The molecular formula is C31H51F6N5O5Si. The number of rotatable bonds is 16. The van der Waals surface area contributed by atoms with E-state index in [9.17, 15) is 31.1 Å². The zero-order valence-electron chi connectivity index (χ0n) is 29.4. The lowest BCUT2D eigenvalue weighted by atomic mass is 10.0. The molecule has 2 aromatic rings. The third-order valence-corrected chi connectivity index (χ3v) is 9.12. The Hall–Kier alpha value is -2.44. The maximum absolute atomic E-state index is 13.7. The van der Waals surface area contributed by atoms with E-state index in [1.165, 1.54) is 7.11 Å². The summed E-state index contributed by atoms with van der Waals surface area (Å²) in [7, 11) is -0.0728. The van der Waals surface area contributed by atoms with Gasteiger partial charge in [0.2, 0.25) is 0 Å². The number of nitrogens with zero attached hydrogens (tertiary/aromatic N) is 2. The highest BCUT2D eigenvalue weighted by Crippen LogP contribution is 2.34. The van der Waals surface area contributed by atoms with E-state index in [1.807, 2.05) is 0 Å². The van der Waals surface area contributed by atoms with E-state index in [0.717, 1.165) is 26.8 Å². The van der Waals surface area contributed by atoms with Crippen molar-refractivity contribution in [1.82, 2.24) is 20.2 Å². The van der Waals surface area contributed by atoms with Gasteiger partial charge in [0, 0.05) is 28.3 Å². The number of hydrogen-bond acceptors (Lipinski definition) is 8. The van der Waals surface area contributed by atoms with E-state index < -0.39 is 68.5 Å². The fourth-order valence-corrected chi connectivity index (χ4v) is 4.95. The Balaban J connectivity index is 2.63. The fourth-order valence-electron chi connectivity index (χ4n) is 4.20. The number of nitrogens with two attached hydrogens (primary N) is 1. The minimum Gasteiger partial charge on any atom is -0.444 e. The van der Waals surface area contributed by atoms with Crippen LogP contribution in [0, 0.1) is 0 Å². The van der Waals surface area contributed by atoms with Crippen molar-refractivity contribution in [3.63, 3.8) is 0 Å². The number of hydrogen-bond donors (Lipinski definition) is 3. The Labute approximate surface area is 279 Å². The number of alkyl halides is 6. The zero-order valence-corrected chi connectivity index (χ0v) is 30.4. The summed E-state index contributed by atoms with van der Waals surface area (Å²) in [6.07, 6.45) is -10.3. The van der Waals surface area contributed by atoms with Gasteiger partial charge in [-0.3, -0.25) is 0 Å². The Morgan fingerprint density at radius 3 is 2.12 bits per heavy atom. The molecule has 48 heavy (non-hydrogen) atoms. The Kier molecular flexibility index (Phi) is 13.6. The van der Waals surface area contributed by atoms with Crippen LogP contribution in [0.25, 0.3) is 11.0 Å². The Morgan fingerprint density at radius 2 is 1.60 bits per heavy atom. The molecule has 1 aromatic carbocycles. The molecule has 1 amide bonds. The molecule has 10 nitrogen and oxygen atoms in total. The average Bonchev–Trinajstić information content (AvgIpc) is 3.26. The molecule has 1 heterocycles. The van der Waals surface area contributed by atoms with Crippen LogP contribution in [-0.2, 0) is 25.7 Å². The summed E-state index contributed by atoms with van der Waals surface area (Å²) in [6, 6.07) is 3.85. The number of imidazole rings is 1. The van der Waals surface area contributed by atoms with Crippen LogP contribution in [0.2, 0.25) is 25.7 Å². The van der Waals surface area contributed by atoms with Gasteiger partial charge >= 0.3 is 18.4 Å². The van der Waals surface area contributed by atoms with Crippen molar-refractivity contribution in [1.29, 1.82) is 0 Å². The van der Waals surface area contributed by atoms with Crippen LogP contribution in [0.3, 0.4) is 0 Å². The maximum Gasteiger partial charge on any atom is 0.416 e. The molecule has 17 heteroatoms. The third kappa shape index (κ3) is 12.2. The molecule has 0 bridgehead atoms. The molecule has 0 aliphatic heterocycles. The van der Waals surface area contributed by atoms with Crippen molar-refractivity contribution >= 4 is 25.2 Å². The van der Waals surface area contributed by atoms with Crippen molar-refractivity contribution in [2.24, 2.45) is 5.73 Å². The lowest BCUT2D eigenvalue weighted by molar-refractivity contribution is -0.265. The van der Waals surface area contributed by atoms with Gasteiger partial charge in [0.05, 0.1) is 30.3 Å². The van der Waals surface area contributed by atoms with Gasteiger partial charge < -0.3 is 39.9 Å². The van der Waals surface area contributed by atoms with Crippen molar-refractivity contribution < 1.29 is 50.1 Å². The van der Waals surface area contributed by atoms with Crippen LogP contribution in [0.15, 0.2) is 18.2 Å². The van der Waals surface area contributed by atoms with Crippen LogP contribution >= 0.6 is 0 Å². The van der Waals surface area contributed by atoms with Gasteiger partial charge in [-0.25, -0.2) is 9.78 Å². The first-order valence-electron chi connectivity index (χ1n) is 15.5. The van der Waals surface area contributed by atoms with E-state index in [1.54, 1.807) is 43.5 Å². The van der Waals surface area contributed by atoms with Gasteiger partial charge in [-0.05, 0) is 65.3 Å². The molecule has 0 saturated carbocycles. The smallest absolute Gasteiger partial charge is 0.416 e. The Bertz CT molecular complexity index is 1350. The molecule has 3 atom stereocenters. The van der Waals surface area contributed by atoms with E-state index in [0.29, 0.717) is 23.2 Å². The molecule has 0 fully saturated rings. The topological polar surface area (TPSA) is 122 Å². The van der Waals surface area contributed by atoms with Crippen molar-refractivity contribution in [2.45, 2.75) is 115 Å². The van der Waals surface area contributed by atoms with E-state index in [-0.39, 0.29) is 19.2 Å². The van der Waals surface area contributed by atoms with E-state index in [2.05, 4.69) is 30.3 Å². The fraction of sp³-hybridized carbons (Fsp3) is 0.742. The molecule has 0 aliphatic rings. The number of ether oxygens (including phenoxy) is 4. The summed E-state index contributed by atoms with van der Waals surface area (Å²) >= 11 is 0. The minimum atomic E-state index is -4.71. The van der Waals surface area contributed by atoms with Crippen molar-refractivity contribution in [3.05, 3.63) is 29.6 Å². The number of methoxy groups -OCH3 is 1. The van der Waals surface area contributed by atoms with Crippen LogP contribution in [0.5, 0.6) is 0 Å². The summed E-state index contributed by atoms with van der Waals surface area (Å²) in [4.78, 5) is 17.6. The van der Waals surface area contributed by atoms with Crippen molar-refractivity contribution in [3.8, 4) is 0 Å². The predicted octanol–water partition coefficient (Wildman–Crippen LogP) is 6.83. The molecule has 1 aromatic heterocycles. The second-order valence-corrected chi connectivity index (χ2v) is 20.4. The first-order chi connectivity index (χ1) is 21.7. The first-order valence-corrected chi connectivity index (χ1v) is 19.2. The third-order valence-electron chi connectivity index (χ3n) is 7.41. The number of nitrogens with one attached hydrogen (secondary N) is 2. The second-order valence-electron chi connectivity index (χ2n) is 14.8. The van der Waals surface area contributed by atoms with E-state index in [4.69, 9.17) is 29.7 Å². The van der Waals surface area contributed by atoms with Gasteiger partial charge in [-0.15, -0.1) is 0 Å². The molecule has 0 spiro atoms. The quantitative estimate of drug-likeness (QED) is 0.0983. The second kappa shape index (κ2) is 15.6. The van der Waals surface area contributed by atoms with Crippen LogP contribution < -0.4 is 16.4 Å². The van der Waals surface area contributed by atoms with Crippen LogP contribution in [-0.4, -0.2) is 86.3 Å². The number of alkyl carbamates (subject to hydrolysis) is 1. The standard InChI is InChI=1S/C31H51F6N5O5Si/c1-27(2,3)47-26(43)41-23(17-46-28(4,5)30(32,33)34)25-40-21-15-20(22(16-44-7)39-18-29(6,38)31(35,36)37)11-12-24(21)42(25)19-45-13-14-48(8,9)10/h11-12,15,22-23,39H,13-14,16-19,38H2,1-10H3,(H,41,43)/t22?,23-,29-/m0/s1. The highest BCUT2D eigenvalue weighted by Gasteiger charge is 2.49. The number of fused-ring (bicyclic) bond motifs is 1. The van der Waals surface area contributed by atoms with Gasteiger partial charge in [-0.2, -0.15) is 26.3 Å². The van der Waals surface area contributed by atoms with Gasteiger partial charge in [-0.1, -0.05) is 25.7 Å². The number of amides is 1. The van der Waals surface area contributed by atoms with Gasteiger partial charge in [0.1, 0.15) is 29.7 Å². The molecule has 276 valence electrons. The molecule has 0 saturated heterocycles. The monoisotopic (exact) mass is 715 g/mol. The highest BCUT2D eigenvalue weighted by atomic mass is 28.3. The SMILES string of the molecule is COCC(NC[C@](C)(N)C(F)(F)F)c1ccc2c(c1)nc([C@H](COC(C)(C)C(F)(F)F)NC(=O)OC(C)(C)C)n2COCC[Si](C)(C)C. The number of halogens is 6. The zero-order chi connectivity index (χ0) is 36.9. The Morgan fingerprint density at radius 1 is 0.979 bits per heavy atom. The molecule has 2 rings (SSSR count).